The molecule has 0 atom stereocenters. The number of phenolic OH excluding ortho intramolecular Hbond substituents is 1. The third kappa shape index (κ3) is 3.51. The smallest absolute Gasteiger partial charge is 0.275 e. The number of hydrogen-bond acceptors (Lipinski definition) is 3. The van der Waals surface area contributed by atoms with Crippen LogP contribution in [-0.4, -0.2) is 21.7 Å². The van der Waals surface area contributed by atoms with E-state index in [0.717, 1.165) is 37.6 Å². The highest BCUT2D eigenvalue weighted by atomic mass is 79.9. The van der Waals surface area contributed by atoms with Crippen LogP contribution >= 0.6 is 15.9 Å². The molecule has 140 valence electrons. The Hall–Kier alpha value is -3.12. The number of carbonyl (C=O) groups excluding carboxylic acids is 1. The van der Waals surface area contributed by atoms with Crippen molar-refractivity contribution >= 4 is 49.2 Å². The molecule has 0 bridgehead atoms. The first-order valence-corrected chi connectivity index (χ1v) is 9.72. The zero-order chi connectivity index (χ0) is 19.7. The first kappa shape index (κ1) is 18.3. The summed E-state index contributed by atoms with van der Waals surface area (Å²) in [6.07, 6.45) is 0.637. The van der Waals surface area contributed by atoms with Crippen molar-refractivity contribution in [2.75, 3.05) is 0 Å². The Bertz CT molecular complexity index is 1230. The van der Waals surface area contributed by atoms with Crippen molar-refractivity contribution in [2.24, 2.45) is 5.10 Å². The topological polar surface area (TPSA) is 77.5 Å². The molecule has 1 amide bonds. The van der Waals surface area contributed by atoms with Crippen molar-refractivity contribution in [1.29, 1.82) is 0 Å². The summed E-state index contributed by atoms with van der Waals surface area (Å²) >= 11 is 3.47. The Kier molecular flexibility index (Phi) is 4.88. The number of H-pyrrole nitrogens is 1. The number of rotatable bonds is 4. The molecule has 0 aliphatic carbocycles. The van der Waals surface area contributed by atoms with Crippen molar-refractivity contribution in [2.45, 2.75) is 13.3 Å². The maximum absolute atomic E-state index is 12.6. The van der Waals surface area contributed by atoms with E-state index in [1.165, 1.54) is 0 Å². The van der Waals surface area contributed by atoms with Gasteiger partial charge in [0.15, 0.2) is 0 Å². The standard InChI is InChI=1S/C22H18BrN3O2/c1-2-18(20-11-15-9-16(23)7-8-19(15)24-20)25-26-22(28)17-10-13-5-3-4-6-14(13)12-21(17)27/h3-12,24,27H,2H2,1H3,(H,26,28)/b25-18+. The molecule has 1 heterocycles. The van der Waals surface area contributed by atoms with Gasteiger partial charge in [-0.05, 0) is 53.6 Å². The average Bonchev–Trinajstić information content (AvgIpc) is 3.10. The molecule has 4 aromatic rings. The van der Waals surface area contributed by atoms with E-state index >= 15 is 0 Å². The van der Waals surface area contributed by atoms with Crippen molar-refractivity contribution in [3.05, 3.63) is 76.4 Å². The van der Waals surface area contributed by atoms with Crippen LogP contribution < -0.4 is 5.43 Å². The summed E-state index contributed by atoms with van der Waals surface area (Å²) in [4.78, 5) is 15.9. The van der Waals surface area contributed by atoms with E-state index < -0.39 is 5.91 Å². The largest absolute Gasteiger partial charge is 0.507 e. The molecule has 0 radical (unpaired) electrons. The van der Waals surface area contributed by atoms with Gasteiger partial charge in [0, 0.05) is 15.4 Å². The van der Waals surface area contributed by atoms with Gasteiger partial charge in [0.2, 0.25) is 0 Å². The minimum atomic E-state index is -0.451. The van der Waals surface area contributed by atoms with Crippen LogP contribution in [0, 0.1) is 0 Å². The lowest BCUT2D eigenvalue weighted by Gasteiger charge is -2.07. The predicted molar refractivity (Wildman–Crippen MR) is 116 cm³/mol. The number of phenols is 1. The van der Waals surface area contributed by atoms with Crippen LogP contribution in [0.4, 0.5) is 0 Å². The van der Waals surface area contributed by atoms with Crippen LogP contribution in [0.1, 0.15) is 29.4 Å². The van der Waals surface area contributed by atoms with E-state index in [0.29, 0.717) is 6.42 Å². The molecule has 0 fully saturated rings. The van der Waals surface area contributed by atoms with Crippen LogP contribution in [0.5, 0.6) is 5.75 Å². The Morgan fingerprint density at radius 3 is 2.57 bits per heavy atom. The molecule has 0 aliphatic heterocycles. The molecule has 0 saturated carbocycles. The lowest BCUT2D eigenvalue weighted by Crippen LogP contribution is -2.20. The fourth-order valence-electron chi connectivity index (χ4n) is 3.18. The molecular weight excluding hydrogens is 418 g/mol. The molecule has 6 heteroatoms. The van der Waals surface area contributed by atoms with Crippen LogP contribution in [0.2, 0.25) is 0 Å². The van der Waals surface area contributed by atoms with Crippen LogP contribution in [0.15, 0.2) is 70.2 Å². The summed E-state index contributed by atoms with van der Waals surface area (Å²) in [6.45, 7) is 1.97. The summed E-state index contributed by atoms with van der Waals surface area (Å²) < 4.78 is 1.00. The zero-order valence-corrected chi connectivity index (χ0v) is 16.7. The minimum Gasteiger partial charge on any atom is -0.507 e. The lowest BCUT2D eigenvalue weighted by atomic mass is 10.1. The summed E-state index contributed by atoms with van der Waals surface area (Å²) in [5.74, 6) is -0.520. The van der Waals surface area contributed by atoms with Gasteiger partial charge in [0.1, 0.15) is 5.75 Å². The summed E-state index contributed by atoms with van der Waals surface area (Å²) in [5, 5.41) is 17.3. The molecule has 3 N–H and O–H groups in total. The van der Waals surface area contributed by atoms with Crippen LogP contribution in [-0.2, 0) is 0 Å². The Morgan fingerprint density at radius 1 is 1.07 bits per heavy atom. The number of fused-ring (bicyclic) bond motifs is 2. The number of halogens is 1. The van der Waals surface area contributed by atoms with Gasteiger partial charge in [-0.2, -0.15) is 5.10 Å². The Balaban J connectivity index is 1.62. The highest BCUT2D eigenvalue weighted by Crippen LogP contribution is 2.25. The number of hydrazone groups is 1. The van der Waals surface area contributed by atoms with Crippen molar-refractivity contribution < 1.29 is 9.90 Å². The fraction of sp³-hybridized carbons (Fsp3) is 0.0909. The quantitative estimate of drug-likeness (QED) is 0.299. The van der Waals surface area contributed by atoms with E-state index in [1.807, 2.05) is 55.5 Å². The normalized spacial score (nSPS) is 11.9. The predicted octanol–water partition coefficient (Wildman–Crippen LogP) is 5.33. The second kappa shape index (κ2) is 7.48. The van der Waals surface area contributed by atoms with Gasteiger partial charge in [0.05, 0.1) is 17.0 Å². The van der Waals surface area contributed by atoms with E-state index in [4.69, 9.17) is 0 Å². The van der Waals surface area contributed by atoms with Gasteiger partial charge < -0.3 is 10.1 Å². The fourth-order valence-corrected chi connectivity index (χ4v) is 3.56. The number of carbonyl (C=O) groups is 1. The van der Waals surface area contributed by atoms with Crippen molar-refractivity contribution in [3.8, 4) is 5.75 Å². The molecular formula is C22H18BrN3O2. The number of amides is 1. The van der Waals surface area contributed by atoms with E-state index in [9.17, 15) is 9.90 Å². The highest BCUT2D eigenvalue weighted by molar-refractivity contribution is 9.10. The van der Waals surface area contributed by atoms with Gasteiger partial charge >= 0.3 is 0 Å². The molecule has 4 rings (SSSR count). The number of benzene rings is 3. The third-order valence-electron chi connectivity index (χ3n) is 4.63. The lowest BCUT2D eigenvalue weighted by molar-refractivity contribution is 0.0952. The molecule has 0 aliphatic rings. The van der Waals surface area contributed by atoms with Gasteiger partial charge in [0.25, 0.3) is 5.91 Å². The number of aromatic amines is 1. The summed E-state index contributed by atoms with van der Waals surface area (Å²) in [5.41, 5.74) is 5.33. The summed E-state index contributed by atoms with van der Waals surface area (Å²) in [7, 11) is 0. The minimum absolute atomic E-state index is 0.0695. The van der Waals surface area contributed by atoms with Crippen molar-refractivity contribution in [3.63, 3.8) is 0 Å². The van der Waals surface area contributed by atoms with E-state index in [1.54, 1.807) is 12.1 Å². The molecule has 0 spiro atoms. The summed E-state index contributed by atoms with van der Waals surface area (Å²) in [6, 6.07) is 18.8. The van der Waals surface area contributed by atoms with Crippen LogP contribution in [0.25, 0.3) is 21.7 Å². The Labute approximate surface area is 170 Å². The number of aromatic nitrogens is 1. The van der Waals surface area contributed by atoms with E-state index in [2.05, 4.69) is 31.4 Å². The second-order valence-corrected chi connectivity index (χ2v) is 7.40. The number of aromatic hydroxyl groups is 1. The maximum atomic E-state index is 12.6. The zero-order valence-electron chi connectivity index (χ0n) is 15.2. The molecule has 5 nitrogen and oxygen atoms in total. The third-order valence-corrected chi connectivity index (χ3v) is 5.12. The molecule has 0 saturated heterocycles. The van der Waals surface area contributed by atoms with Crippen LogP contribution in [0.3, 0.4) is 0 Å². The molecule has 3 aromatic carbocycles. The SMILES string of the molecule is CC/C(=N\NC(=O)c1cc2ccccc2cc1O)c1cc2cc(Br)ccc2[nH]1. The van der Waals surface area contributed by atoms with E-state index in [-0.39, 0.29) is 11.3 Å². The van der Waals surface area contributed by atoms with Gasteiger partial charge in [-0.1, -0.05) is 47.1 Å². The molecule has 0 unspecified atom stereocenters. The monoisotopic (exact) mass is 435 g/mol. The van der Waals surface area contributed by atoms with Gasteiger partial charge in [-0.25, -0.2) is 5.43 Å². The number of nitrogens with zero attached hydrogens (tertiary/aromatic N) is 1. The van der Waals surface area contributed by atoms with Crippen molar-refractivity contribution in [1.82, 2.24) is 10.4 Å². The molecule has 1 aromatic heterocycles. The Morgan fingerprint density at radius 2 is 1.82 bits per heavy atom. The number of nitrogens with one attached hydrogen (secondary N) is 2. The first-order valence-electron chi connectivity index (χ1n) is 8.92. The maximum Gasteiger partial charge on any atom is 0.275 e. The second-order valence-electron chi connectivity index (χ2n) is 6.48. The van der Waals surface area contributed by atoms with Gasteiger partial charge in [-0.3, -0.25) is 4.79 Å². The highest BCUT2D eigenvalue weighted by Gasteiger charge is 2.13. The molecule has 28 heavy (non-hydrogen) atoms. The number of hydrogen-bond donors (Lipinski definition) is 3. The average molecular weight is 436 g/mol. The van der Waals surface area contributed by atoms with Gasteiger partial charge in [-0.15, -0.1) is 0 Å². The first-order chi connectivity index (χ1) is 13.5.